The van der Waals surface area contributed by atoms with Crippen molar-refractivity contribution in [2.45, 2.75) is 0 Å². The highest BCUT2D eigenvalue weighted by molar-refractivity contribution is 6.38. The minimum atomic E-state index is 0.627. The molecule has 0 aliphatic heterocycles. The summed E-state index contributed by atoms with van der Waals surface area (Å²) in [4.78, 5) is 3.31. The number of halogens is 2. The van der Waals surface area contributed by atoms with E-state index in [1.807, 2.05) is 36.4 Å². The van der Waals surface area contributed by atoms with Gasteiger partial charge < -0.3 is 9.72 Å². The number of benzene rings is 2. The first-order chi connectivity index (χ1) is 9.17. The average molecular weight is 292 g/mol. The average Bonchev–Trinajstić information content (AvgIpc) is 2.83. The summed E-state index contributed by atoms with van der Waals surface area (Å²) in [6.07, 6.45) is 0. The van der Waals surface area contributed by atoms with Gasteiger partial charge in [-0.05, 0) is 48.0 Å². The molecule has 96 valence electrons. The van der Waals surface area contributed by atoms with E-state index >= 15 is 0 Å². The minimum Gasteiger partial charge on any atom is -0.497 e. The highest BCUT2D eigenvalue weighted by atomic mass is 35.5. The predicted molar refractivity (Wildman–Crippen MR) is 80.3 cm³/mol. The smallest absolute Gasteiger partial charge is 0.118 e. The molecule has 2 nitrogen and oxygen atoms in total. The zero-order valence-electron chi connectivity index (χ0n) is 10.2. The number of methoxy groups -OCH3 is 1. The van der Waals surface area contributed by atoms with E-state index in [4.69, 9.17) is 27.9 Å². The van der Waals surface area contributed by atoms with Gasteiger partial charge >= 0.3 is 0 Å². The lowest BCUT2D eigenvalue weighted by Gasteiger charge is -2.01. The Morgan fingerprint density at radius 1 is 1.00 bits per heavy atom. The molecule has 0 bridgehead atoms. The lowest BCUT2D eigenvalue weighted by atomic mass is 10.1. The second-order valence-electron chi connectivity index (χ2n) is 4.26. The Morgan fingerprint density at radius 3 is 2.42 bits per heavy atom. The molecular formula is C15H11Cl2NO. The highest BCUT2D eigenvalue weighted by Crippen LogP contribution is 2.31. The predicted octanol–water partition coefficient (Wildman–Crippen LogP) is 5.15. The number of nitrogens with one attached hydrogen (secondary N) is 1. The molecule has 19 heavy (non-hydrogen) atoms. The van der Waals surface area contributed by atoms with Crippen LogP contribution in [0, 0.1) is 0 Å². The fourth-order valence-electron chi connectivity index (χ4n) is 2.09. The third-order valence-electron chi connectivity index (χ3n) is 3.05. The Bertz CT molecular complexity index is 732. The van der Waals surface area contributed by atoms with Crippen LogP contribution in [0.4, 0.5) is 0 Å². The quantitative estimate of drug-likeness (QED) is 0.694. The van der Waals surface area contributed by atoms with Gasteiger partial charge in [0.05, 0.1) is 17.6 Å². The Labute approximate surface area is 120 Å². The summed E-state index contributed by atoms with van der Waals surface area (Å²) < 4.78 is 5.15. The van der Waals surface area contributed by atoms with Crippen molar-refractivity contribution in [3.8, 4) is 17.0 Å². The van der Waals surface area contributed by atoms with Crippen molar-refractivity contribution in [2.75, 3.05) is 7.11 Å². The summed E-state index contributed by atoms with van der Waals surface area (Å²) in [5.74, 6) is 0.834. The van der Waals surface area contributed by atoms with Crippen molar-refractivity contribution in [3.63, 3.8) is 0 Å². The first-order valence-corrected chi connectivity index (χ1v) is 6.55. The molecule has 0 radical (unpaired) electrons. The Balaban J connectivity index is 2.12. The number of hydrogen-bond donors (Lipinski definition) is 1. The molecule has 0 fully saturated rings. The number of hydrogen-bond acceptors (Lipinski definition) is 1. The van der Waals surface area contributed by atoms with Crippen LogP contribution in [0.25, 0.3) is 22.2 Å². The van der Waals surface area contributed by atoms with Crippen LogP contribution >= 0.6 is 23.2 Å². The highest BCUT2D eigenvalue weighted by Gasteiger charge is 2.07. The van der Waals surface area contributed by atoms with Gasteiger partial charge in [-0.15, -0.1) is 0 Å². The summed E-state index contributed by atoms with van der Waals surface area (Å²) in [5.41, 5.74) is 2.97. The van der Waals surface area contributed by atoms with Crippen LogP contribution in [0.1, 0.15) is 0 Å². The molecule has 0 amide bonds. The maximum absolute atomic E-state index is 6.18. The summed E-state index contributed by atoms with van der Waals surface area (Å²) in [7, 11) is 1.65. The van der Waals surface area contributed by atoms with Gasteiger partial charge in [-0.25, -0.2) is 0 Å². The van der Waals surface area contributed by atoms with Gasteiger partial charge in [0.25, 0.3) is 0 Å². The van der Waals surface area contributed by atoms with Crippen molar-refractivity contribution in [2.24, 2.45) is 0 Å². The number of aromatic nitrogens is 1. The number of aromatic amines is 1. The van der Waals surface area contributed by atoms with E-state index < -0.39 is 0 Å². The third-order valence-corrected chi connectivity index (χ3v) is 3.56. The first-order valence-electron chi connectivity index (χ1n) is 5.79. The standard InChI is InChI=1S/C15H11Cl2NO/c1-19-12-4-2-9(3-5-12)14-7-10-6-11(16)8-13(17)15(10)18-14/h2-8,18H,1H3. The molecule has 0 saturated carbocycles. The van der Waals surface area contributed by atoms with Crippen molar-refractivity contribution >= 4 is 34.1 Å². The Kier molecular flexibility index (Phi) is 3.13. The molecule has 1 heterocycles. The summed E-state index contributed by atoms with van der Waals surface area (Å²) >= 11 is 12.2. The fourth-order valence-corrected chi connectivity index (χ4v) is 2.65. The summed E-state index contributed by atoms with van der Waals surface area (Å²) in [5, 5.41) is 2.27. The summed E-state index contributed by atoms with van der Waals surface area (Å²) in [6, 6.07) is 13.5. The summed E-state index contributed by atoms with van der Waals surface area (Å²) in [6.45, 7) is 0. The molecule has 3 rings (SSSR count). The molecule has 2 aromatic carbocycles. The molecule has 4 heteroatoms. The van der Waals surface area contributed by atoms with Crippen LogP contribution in [0.3, 0.4) is 0 Å². The lowest BCUT2D eigenvalue weighted by Crippen LogP contribution is -1.82. The van der Waals surface area contributed by atoms with Gasteiger partial charge in [0.2, 0.25) is 0 Å². The van der Waals surface area contributed by atoms with Crippen molar-refractivity contribution in [1.29, 1.82) is 0 Å². The van der Waals surface area contributed by atoms with Crippen molar-refractivity contribution in [3.05, 3.63) is 52.5 Å². The molecule has 0 unspecified atom stereocenters. The van der Waals surface area contributed by atoms with Gasteiger partial charge in [0.15, 0.2) is 0 Å². The number of fused-ring (bicyclic) bond motifs is 1. The minimum absolute atomic E-state index is 0.627. The van der Waals surface area contributed by atoms with Crippen LogP contribution in [-0.2, 0) is 0 Å². The van der Waals surface area contributed by atoms with E-state index in [2.05, 4.69) is 4.98 Å². The molecule has 0 spiro atoms. The fraction of sp³-hybridized carbons (Fsp3) is 0.0667. The Morgan fingerprint density at radius 2 is 1.74 bits per heavy atom. The van der Waals surface area contributed by atoms with Gasteiger partial charge in [0.1, 0.15) is 5.75 Å². The van der Waals surface area contributed by atoms with E-state index in [0.717, 1.165) is 27.9 Å². The number of rotatable bonds is 2. The normalized spacial score (nSPS) is 10.9. The topological polar surface area (TPSA) is 25.0 Å². The zero-order chi connectivity index (χ0) is 13.4. The van der Waals surface area contributed by atoms with Gasteiger partial charge in [0, 0.05) is 16.1 Å². The molecule has 0 atom stereocenters. The van der Waals surface area contributed by atoms with Gasteiger partial charge in [-0.3, -0.25) is 0 Å². The molecule has 0 aliphatic carbocycles. The van der Waals surface area contributed by atoms with E-state index in [1.165, 1.54) is 0 Å². The maximum atomic E-state index is 6.18. The van der Waals surface area contributed by atoms with Crippen LogP contribution in [0.5, 0.6) is 5.75 Å². The Hall–Kier alpha value is -1.64. The van der Waals surface area contributed by atoms with E-state index in [1.54, 1.807) is 13.2 Å². The zero-order valence-corrected chi connectivity index (χ0v) is 11.7. The SMILES string of the molecule is COc1ccc(-c2cc3cc(Cl)cc(Cl)c3[nH]2)cc1. The van der Waals surface area contributed by atoms with Gasteiger partial charge in [-0.1, -0.05) is 23.2 Å². The van der Waals surface area contributed by atoms with E-state index in [9.17, 15) is 0 Å². The maximum Gasteiger partial charge on any atom is 0.118 e. The number of ether oxygens (including phenoxy) is 1. The van der Waals surface area contributed by atoms with E-state index in [0.29, 0.717) is 10.0 Å². The van der Waals surface area contributed by atoms with Crippen molar-refractivity contribution in [1.82, 2.24) is 4.98 Å². The van der Waals surface area contributed by atoms with Crippen LogP contribution < -0.4 is 4.74 Å². The van der Waals surface area contributed by atoms with Gasteiger partial charge in [-0.2, -0.15) is 0 Å². The largest absolute Gasteiger partial charge is 0.497 e. The molecule has 1 N–H and O–H groups in total. The lowest BCUT2D eigenvalue weighted by molar-refractivity contribution is 0.415. The second-order valence-corrected chi connectivity index (χ2v) is 5.11. The molecular weight excluding hydrogens is 281 g/mol. The molecule has 1 aromatic heterocycles. The second kappa shape index (κ2) is 4.80. The third kappa shape index (κ3) is 2.29. The molecule has 0 saturated heterocycles. The van der Waals surface area contributed by atoms with Crippen LogP contribution in [-0.4, -0.2) is 12.1 Å². The van der Waals surface area contributed by atoms with Crippen LogP contribution in [0.15, 0.2) is 42.5 Å². The molecule has 0 aliphatic rings. The monoisotopic (exact) mass is 291 g/mol. The van der Waals surface area contributed by atoms with Crippen LogP contribution in [0.2, 0.25) is 10.0 Å². The molecule has 3 aromatic rings. The number of H-pyrrole nitrogens is 1. The first kappa shape index (κ1) is 12.4. The van der Waals surface area contributed by atoms with E-state index in [-0.39, 0.29) is 0 Å². The van der Waals surface area contributed by atoms with Crippen molar-refractivity contribution < 1.29 is 4.74 Å².